The summed E-state index contributed by atoms with van der Waals surface area (Å²) in [4.78, 5) is 10.7. The van der Waals surface area contributed by atoms with Crippen LogP contribution in [0.2, 0.25) is 0 Å². The highest BCUT2D eigenvalue weighted by molar-refractivity contribution is 5.81. The van der Waals surface area contributed by atoms with Crippen LogP contribution >= 0.6 is 0 Å². The highest BCUT2D eigenvalue weighted by Gasteiger charge is 1.93. The van der Waals surface area contributed by atoms with Crippen molar-refractivity contribution in [1.29, 1.82) is 0 Å². The lowest BCUT2D eigenvalue weighted by Crippen LogP contribution is -2.08. The molecule has 0 aromatic heterocycles. The number of carbonyl (C=O) groups is 1. The summed E-state index contributed by atoms with van der Waals surface area (Å²) in [7, 11) is 0. The molecule has 0 spiro atoms. The maximum Gasteiger partial charge on any atom is 0.330 e. The van der Waals surface area contributed by atoms with Gasteiger partial charge in [0.1, 0.15) is 6.61 Å². The van der Waals surface area contributed by atoms with E-state index in [0.717, 1.165) is 11.6 Å². The average Bonchev–Trinajstić information content (AvgIpc) is 2.38. The van der Waals surface area contributed by atoms with Crippen molar-refractivity contribution in [2.24, 2.45) is 0 Å². The zero-order valence-electron chi connectivity index (χ0n) is 9.67. The van der Waals surface area contributed by atoms with E-state index in [2.05, 4.69) is 6.58 Å². The van der Waals surface area contributed by atoms with Crippen molar-refractivity contribution in [1.82, 2.24) is 0 Å². The van der Waals surface area contributed by atoms with Gasteiger partial charge in [0.05, 0.1) is 13.2 Å². The molecule has 0 N–H and O–H groups in total. The van der Waals surface area contributed by atoms with Gasteiger partial charge in [0.15, 0.2) is 0 Å². The van der Waals surface area contributed by atoms with E-state index in [1.165, 1.54) is 0 Å². The largest absolute Gasteiger partial charge is 0.460 e. The van der Waals surface area contributed by atoms with Crippen molar-refractivity contribution < 1.29 is 14.3 Å². The fraction of sp³-hybridized carbons (Fsp3) is 0.214. The van der Waals surface area contributed by atoms with Gasteiger partial charge in [-0.25, -0.2) is 4.79 Å². The zero-order valence-corrected chi connectivity index (χ0v) is 9.67. The van der Waals surface area contributed by atoms with Gasteiger partial charge in [0, 0.05) is 6.08 Å². The van der Waals surface area contributed by atoms with Gasteiger partial charge in [-0.05, 0) is 5.56 Å². The summed E-state index contributed by atoms with van der Waals surface area (Å²) in [5.41, 5.74) is 1.13. The van der Waals surface area contributed by atoms with Gasteiger partial charge in [-0.1, -0.05) is 49.1 Å². The molecule has 0 amide bonds. The van der Waals surface area contributed by atoms with E-state index in [1.54, 1.807) is 0 Å². The van der Waals surface area contributed by atoms with Crippen LogP contribution in [0.3, 0.4) is 0 Å². The van der Waals surface area contributed by atoms with Crippen LogP contribution in [0.1, 0.15) is 5.56 Å². The summed E-state index contributed by atoms with van der Waals surface area (Å²) in [5.74, 6) is -0.423. The van der Waals surface area contributed by atoms with E-state index in [-0.39, 0.29) is 6.61 Å². The quantitative estimate of drug-likeness (QED) is 0.411. The van der Waals surface area contributed by atoms with E-state index in [9.17, 15) is 4.79 Å². The van der Waals surface area contributed by atoms with Crippen molar-refractivity contribution >= 4 is 12.0 Å². The van der Waals surface area contributed by atoms with Crippen molar-refractivity contribution in [3.8, 4) is 0 Å². The fourth-order valence-electron chi connectivity index (χ4n) is 1.16. The third kappa shape index (κ3) is 6.33. The number of ether oxygens (including phenoxy) is 2. The van der Waals surface area contributed by atoms with Crippen molar-refractivity contribution in [3.05, 3.63) is 54.6 Å². The second-order valence-corrected chi connectivity index (χ2v) is 3.26. The molecule has 0 saturated carbocycles. The molecule has 0 aliphatic carbocycles. The Hall–Kier alpha value is -1.87. The highest BCUT2D eigenvalue weighted by Crippen LogP contribution is 2.00. The first-order chi connectivity index (χ1) is 8.33. The monoisotopic (exact) mass is 232 g/mol. The van der Waals surface area contributed by atoms with Crippen molar-refractivity contribution in [3.63, 3.8) is 0 Å². The topological polar surface area (TPSA) is 35.5 Å². The molecule has 0 aliphatic rings. The molecule has 0 bridgehead atoms. The number of hydrogen-bond acceptors (Lipinski definition) is 3. The Morgan fingerprint density at radius 3 is 2.71 bits per heavy atom. The van der Waals surface area contributed by atoms with Crippen LogP contribution in [0, 0.1) is 0 Å². The van der Waals surface area contributed by atoms with Crippen LogP contribution in [0.15, 0.2) is 49.1 Å². The Morgan fingerprint density at radius 1 is 1.24 bits per heavy atom. The second-order valence-electron chi connectivity index (χ2n) is 3.26. The molecular formula is C14H16O3. The third-order valence-electron chi connectivity index (χ3n) is 1.96. The minimum absolute atomic E-state index is 0.254. The maximum atomic E-state index is 10.7. The molecule has 0 radical (unpaired) electrons. The Morgan fingerprint density at radius 2 is 2.00 bits per heavy atom. The number of rotatable bonds is 7. The highest BCUT2D eigenvalue weighted by atomic mass is 16.6. The van der Waals surface area contributed by atoms with Crippen LogP contribution in [0.4, 0.5) is 0 Å². The Bertz CT molecular complexity index is 368. The predicted octanol–water partition coefficient (Wildman–Crippen LogP) is 2.45. The molecule has 0 saturated heterocycles. The zero-order chi connectivity index (χ0) is 12.3. The van der Waals surface area contributed by atoms with E-state index in [1.807, 2.05) is 42.5 Å². The Kier molecular flexibility index (Phi) is 6.44. The molecule has 0 fully saturated rings. The average molecular weight is 232 g/mol. The molecule has 90 valence electrons. The van der Waals surface area contributed by atoms with Gasteiger partial charge in [-0.15, -0.1) is 0 Å². The molecule has 1 aromatic carbocycles. The summed E-state index contributed by atoms with van der Waals surface area (Å²) in [6.45, 7) is 4.44. The number of esters is 1. The second kappa shape index (κ2) is 8.30. The molecule has 3 heteroatoms. The number of carbonyl (C=O) groups excluding carboxylic acids is 1. The molecule has 0 unspecified atom stereocenters. The van der Waals surface area contributed by atoms with Crippen LogP contribution in [-0.4, -0.2) is 25.8 Å². The molecule has 17 heavy (non-hydrogen) atoms. The van der Waals surface area contributed by atoms with Crippen molar-refractivity contribution in [2.45, 2.75) is 0 Å². The normalized spacial score (nSPS) is 10.4. The maximum absolute atomic E-state index is 10.7. The number of benzene rings is 1. The van der Waals surface area contributed by atoms with Gasteiger partial charge in [0.2, 0.25) is 0 Å². The first kappa shape index (κ1) is 13.2. The molecule has 3 nitrogen and oxygen atoms in total. The molecule has 1 aromatic rings. The first-order valence-electron chi connectivity index (χ1n) is 5.41. The van der Waals surface area contributed by atoms with Crippen LogP contribution < -0.4 is 0 Å². The molecule has 0 heterocycles. The van der Waals surface area contributed by atoms with E-state index in [0.29, 0.717) is 13.2 Å². The van der Waals surface area contributed by atoms with Crippen molar-refractivity contribution in [2.75, 3.05) is 19.8 Å². The van der Waals surface area contributed by atoms with E-state index >= 15 is 0 Å². The van der Waals surface area contributed by atoms with Gasteiger partial charge in [-0.3, -0.25) is 0 Å². The minimum Gasteiger partial charge on any atom is -0.460 e. The van der Waals surface area contributed by atoms with Crippen LogP contribution in [0.25, 0.3) is 6.08 Å². The van der Waals surface area contributed by atoms with E-state index in [4.69, 9.17) is 9.47 Å². The SMILES string of the molecule is C=CC(=O)OCCOCC=Cc1ccccc1. The smallest absolute Gasteiger partial charge is 0.330 e. The van der Waals surface area contributed by atoms with Gasteiger partial charge >= 0.3 is 5.97 Å². The van der Waals surface area contributed by atoms with Crippen LogP contribution in [0.5, 0.6) is 0 Å². The summed E-state index contributed by atoms with van der Waals surface area (Å²) in [6, 6.07) is 9.97. The van der Waals surface area contributed by atoms with Gasteiger partial charge < -0.3 is 9.47 Å². The van der Waals surface area contributed by atoms with Crippen LogP contribution in [-0.2, 0) is 14.3 Å². The standard InChI is InChI=1S/C14H16O3/c1-2-14(15)17-12-11-16-10-6-9-13-7-4-3-5-8-13/h2-9H,1,10-12H2. The third-order valence-corrected chi connectivity index (χ3v) is 1.96. The molecule has 0 aliphatic heterocycles. The lowest BCUT2D eigenvalue weighted by molar-refractivity contribution is -0.139. The summed E-state index contributed by atoms with van der Waals surface area (Å²) in [6.07, 6.45) is 5.04. The predicted molar refractivity (Wildman–Crippen MR) is 67.5 cm³/mol. The van der Waals surface area contributed by atoms with Gasteiger partial charge in [-0.2, -0.15) is 0 Å². The molecule has 1 rings (SSSR count). The fourth-order valence-corrected chi connectivity index (χ4v) is 1.16. The first-order valence-corrected chi connectivity index (χ1v) is 5.41. The lowest BCUT2D eigenvalue weighted by Gasteiger charge is -2.01. The van der Waals surface area contributed by atoms with Gasteiger partial charge in [0.25, 0.3) is 0 Å². The Balaban J connectivity index is 2.06. The molecule has 0 atom stereocenters. The lowest BCUT2D eigenvalue weighted by atomic mass is 10.2. The Labute approximate surface area is 101 Å². The summed E-state index contributed by atoms with van der Waals surface area (Å²) in [5, 5.41) is 0. The molecular weight excluding hydrogens is 216 g/mol. The minimum atomic E-state index is -0.423. The summed E-state index contributed by atoms with van der Waals surface area (Å²) < 4.78 is 10.0. The number of hydrogen-bond donors (Lipinski definition) is 0. The summed E-state index contributed by atoms with van der Waals surface area (Å²) >= 11 is 0. The van der Waals surface area contributed by atoms with E-state index < -0.39 is 5.97 Å².